The summed E-state index contributed by atoms with van der Waals surface area (Å²) in [6.45, 7) is 1.98. The number of halogens is 2. The lowest BCUT2D eigenvalue weighted by atomic mass is 10.1. The van der Waals surface area contributed by atoms with E-state index < -0.39 is 6.10 Å². The van der Waals surface area contributed by atoms with Crippen LogP contribution in [-0.2, 0) is 13.0 Å². The molecule has 4 aromatic rings. The fourth-order valence-electron chi connectivity index (χ4n) is 3.67. The number of hydrogen-bond acceptors (Lipinski definition) is 2. The van der Waals surface area contributed by atoms with Crippen molar-refractivity contribution in [1.29, 1.82) is 0 Å². The van der Waals surface area contributed by atoms with Crippen LogP contribution in [0.2, 0.25) is 0 Å². The highest BCUT2D eigenvalue weighted by molar-refractivity contribution is 9.10. The first kappa shape index (κ1) is 19.6. The molecule has 3 aromatic carbocycles. The Balaban J connectivity index is 1.49. The van der Waals surface area contributed by atoms with Gasteiger partial charge in [0.05, 0.1) is 12.6 Å². The van der Waals surface area contributed by atoms with Gasteiger partial charge in [-0.15, -0.1) is 0 Å². The second-order valence-corrected chi connectivity index (χ2v) is 8.86. The summed E-state index contributed by atoms with van der Waals surface area (Å²) >= 11 is 7.16. The zero-order valence-corrected chi connectivity index (χ0v) is 18.6. The molecule has 0 aliphatic carbocycles. The van der Waals surface area contributed by atoms with E-state index in [9.17, 15) is 5.11 Å². The number of aromatic nitrogens is 1. The number of aliphatic hydroxyl groups excluding tert-OH is 1. The molecule has 4 rings (SSSR count). The summed E-state index contributed by atoms with van der Waals surface area (Å²) in [6, 6.07) is 23.0. The van der Waals surface area contributed by atoms with Gasteiger partial charge in [-0.3, -0.25) is 0 Å². The smallest absolute Gasteiger partial charge is 0.0843 e. The Kier molecular flexibility index (Phi) is 6.16. The molecule has 0 bridgehead atoms. The van der Waals surface area contributed by atoms with Crippen molar-refractivity contribution in [2.24, 2.45) is 0 Å². The minimum atomic E-state index is -0.457. The number of fused-ring (bicyclic) bond motifs is 3. The molecule has 0 spiro atoms. The maximum Gasteiger partial charge on any atom is 0.0843 e. The Bertz CT molecular complexity index is 1030. The van der Waals surface area contributed by atoms with E-state index in [-0.39, 0.29) is 0 Å². The van der Waals surface area contributed by atoms with Crippen LogP contribution in [0.5, 0.6) is 0 Å². The lowest BCUT2D eigenvalue weighted by molar-refractivity contribution is 0.154. The van der Waals surface area contributed by atoms with E-state index >= 15 is 0 Å². The fraction of sp³-hybridized carbons (Fsp3) is 0.217. The number of aliphatic hydroxyl groups is 1. The van der Waals surface area contributed by atoms with Crippen LogP contribution in [0.4, 0.5) is 0 Å². The average Bonchev–Trinajstić information content (AvgIpc) is 2.98. The van der Waals surface area contributed by atoms with Crippen LogP contribution in [0.25, 0.3) is 21.8 Å². The highest BCUT2D eigenvalue weighted by Crippen LogP contribution is 2.33. The number of rotatable bonds is 7. The number of hydrogen-bond donors (Lipinski definition) is 2. The number of nitrogens with one attached hydrogen (secondary N) is 1. The summed E-state index contributed by atoms with van der Waals surface area (Å²) in [5.74, 6) is 0. The van der Waals surface area contributed by atoms with Crippen LogP contribution < -0.4 is 5.32 Å². The first-order valence-corrected chi connectivity index (χ1v) is 11.0. The third-order valence-electron chi connectivity index (χ3n) is 5.00. The molecular formula is C23H22Br2N2O. The molecule has 0 saturated carbocycles. The number of nitrogens with zero attached hydrogens (tertiary/aromatic N) is 1. The first-order chi connectivity index (χ1) is 13.6. The van der Waals surface area contributed by atoms with E-state index in [0.717, 1.165) is 32.9 Å². The van der Waals surface area contributed by atoms with Gasteiger partial charge in [0, 0.05) is 37.3 Å². The zero-order valence-electron chi connectivity index (χ0n) is 15.4. The summed E-state index contributed by atoms with van der Waals surface area (Å²) in [5, 5.41) is 16.4. The predicted octanol–water partition coefficient (Wildman–Crippen LogP) is 5.51. The van der Waals surface area contributed by atoms with Crippen molar-refractivity contribution < 1.29 is 5.11 Å². The molecule has 0 saturated heterocycles. The Hall–Kier alpha value is -1.66. The van der Waals surface area contributed by atoms with Crippen molar-refractivity contribution in [2.45, 2.75) is 19.1 Å². The molecular weight excluding hydrogens is 480 g/mol. The van der Waals surface area contributed by atoms with Crippen LogP contribution in [0, 0.1) is 0 Å². The Morgan fingerprint density at radius 3 is 2.07 bits per heavy atom. The molecule has 0 aliphatic heterocycles. The molecule has 3 nitrogen and oxygen atoms in total. The van der Waals surface area contributed by atoms with Crippen molar-refractivity contribution in [3.05, 3.63) is 81.2 Å². The Morgan fingerprint density at radius 2 is 1.46 bits per heavy atom. The van der Waals surface area contributed by atoms with Crippen molar-refractivity contribution in [2.75, 3.05) is 13.1 Å². The molecule has 144 valence electrons. The van der Waals surface area contributed by atoms with Crippen LogP contribution in [0.3, 0.4) is 0 Å². The van der Waals surface area contributed by atoms with Gasteiger partial charge in [-0.25, -0.2) is 0 Å². The van der Waals surface area contributed by atoms with Gasteiger partial charge in [-0.05, 0) is 54.9 Å². The van der Waals surface area contributed by atoms with Crippen LogP contribution in [-0.4, -0.2) is 28.9 Å². The van der Waals surface area contributed by atoms with Gasteiger partial charge in [0.2, 0.25) is 0 Å². The van der Waals surface area contributed by atoms with Gasteiger partial charge in [-0.2, -0.15) is 0 Å². The van der Waals surface area contributed by atoms with E-state index in [2.05, 4.69) is 102 Å². The molecule has 1 aromatic heterocycles. The normalized spacial score (nSPS) is 12.7. The molecule has 0 radical (unpaired) electrons. The first-order valence-electron chi connectivity index (χ1n) is 9.41. The minimum Gasteiger partial charge on any atom is -0.390 e. The molecule has 2 N–H and O–H groups in total. The molecule has 0 amide bonds. The Labute approximate surface area is 181 Å². The summed E-state index contributed by atoms with van der Waals surface area (Å²) in [7, 11) is 0. The van der Waals surface area contributed by atoms with Gasteiger partial charge >= 0.3 is 0 Å². The van der Waals surface area contributed by atoms with E-state index in [1.165, 1.54) is 16.3 Å². The van der Waals surface area contributed by atoms with Crippen LogP contribution in [0.1, 0.15) is 5.56 Å². The molecule has 0 fully saturated rings. The largest absolute Gasteiger partial charge is 0.390 e. The second-order valence-electron chi connectivity index (χ2n) is 7.03. The zero-order chi connectivity index (χ0) is 19.5. The summed E-state index contributed by atoms with van der Waals surface area (Å²) in [6.07, 6.45) is 0.507. The molecule has 5 heteroatoms. The van der Waals surface area contributed by atoms with Gasteiger partial charge in [0.25, 0.3) is 0 Å². The standard InChI is InChI=1S/C23H22Br2N2O/c24-17-6-8-22-20(12-17)21-13-18(25)7-9-23(21)27(22)15-19(28)14-26-11-10-16-4-2-1-3-5-16/h1-9,12-13,19,26,28H,10-11,14-15H2/t19-/m0/s1. The van der Waals surface area contributed by atoms with Crippen LogP contribution in [0.15, 0.2) is 75.7 Å². The molecule has 1 heterocycles. The summed E-state index contributed by atoms with van der Waals surface area (Å²) < 4.78 is 4.33. The van der Waals surface area contributed by atoms with Gasteiger partial charge in [0.1, 0.15) is 0 Å². The summed E-state index contributed by atoms with van der Waals surface area (Å²) in [4.78, 5) is 0. The highest BCUT2D eigenvalue weighted by Gasteiger charge is 2.14. The molecule has 0 unspecified atom stereocenters. The molecule has 28 heavy (non-hydrogen) atoms. The van der Waals surface area contributed by atoms with Crippen molar-refractivity contribution in [1.82, 2.24) is 9.88 Å². The maximum atomic E-state index is 10.6. The van der Waals surface area contributed by atoms with E-state index in [4.69, 9.17) is 0 Å². The monoisotopic (exact) mass is 500 g/mol. The second kappa shape index (κ2) is 8.78. The van der Waals surface area contributed by atoms with Crippen molar-refractivity contribution >= 4 is 53.7 Å². The molecule has 1 atom stereocenters. The lowest BCUT2D eigenvalue weighted by Gasteiger charge is -2.15. The fourth-order valence-corrected chi connectivity index (χ4v) is 4.39. The van der Waals surface area contributed by atoms with E-state index in [1.54, 1.807) is 0 Å². The van der Waals surface area contributed by atoms with E-state index in [0.29, 0.717) is 13.1 Å². The topological polar surface area (TPSA) is 37.2 Å². The predicted molar refractivity (Wildman–Crippen MR) is 124 cm³/mol. The molecule has 0 aliphatic rings. The average molecular weight is 502 g/mol. The highest BCUT2D eigenvalue weighted by atomic mass is 79.9. The quantitative estimate of drug-likeness (QED) is 0.327. The maximum absolute atomic E-state index is 10.6. The summed E-state index contributed by atoms with van der Waals surface area (Å²) in [5.41, 5.74) is 3.59. The number of benzene rings is 3. The van der Waals surface area contributed by atoms with Gasteiger partial charge in [0.15, 0.2) is 0 Å². The Morgan fingerprint density at radius 1 is 0.857 bits per heavy atom. The van der Waals surface area contributed by atoms with Gasteiger partial charge < -0.3 is 15.0 Å². The van der Waals surface area contributed by atoms with Crippen LogP contribution >= 0.6 is 31.9 Å². The minimum absolute atomic E-state index is 0.457. The van der Waals surface area contributed by atoms with Crippen molar-refractivity contribution in [3.8, 4) is 0 Å². The SMILES string of the molecule is O[C@@H](CNCCc1ccccc1)Cn1c2ccc(Br)cc2c2cc(Br)ccc21. The third kappa shape index (κ3) is 4.33. The van der Waals surface area contributed by atoms with E-state index in [1.807, 2.05) is 6.07 Å². The third-order valence-corrected chi connectivity index (χ3v) is 5.98. The lowest BCUT2D eigenvalue weighted by Crippen LogP contribution is -2.31. The van der Waals surface area contributed by atoms with Crippen molar-refractivity contribution in [3.63, 3.8) is 0 Å². The van der Waals surface area contributed by atoms with Gasteiger partial charge in [-0.1, -0.05) is 62.2 Å².